The van der Waals surface area contributed by atoms with Gasteiger partial charge in [-0.2, -0.15) is 0 Å². The summed E-state index contributed by atoms with van der Waals surface area (Å²) in [6, 6.07) is 10.5. The largest absolute Gasteiger partial charge is 0.350 e. The average Bonchev–Trinajstić information content (AvgIpc) is 2.85. The number of carbonyl (C=O) groups excluding carboxylic acids is 3. The van der Waals surface area contributed by atoms with E-state index in [1.165, 1.54) is 22.1 Å². The molecule has 34 heavy (non-hydrogen) atoms. The number of benzene rings is 1. The molecule has 8 nitrogen and oxygen atoms in total. The predicted molar refractivity (Wildman–Crippen MR) is 129 cm³/mol. The normalized spacial score (nSPS) is 22.9. The summed E-state index contributed by atoms with van der Waals surface area (Å²) >= 11 is 5.88. The molecule has 2 aromatic rings. The van der Waals surface area contributed by atoms with Crippen molar-refractivity contribution in [1.82, 2.24) is 20.1 Å². The van der Waals surface area contributed by atoms with E-state index in [1.54, 1.807) is 18.2 Å². The van der Waals surface area contributed by atoms with Crippen LogP contribution in [-0.2, 0) is 4.79 Å². The number of hydrogen-bond donors (Lipinski definition) is 2. The number of nitrogens with zero attached hydrogens (tertiary/aromatic N) is 3. The van der Waals surface area contributed by atoms with E-state index < -0.39 is 6.17 Å². The van der Waals surface area contributed by atoms with Gasteiger partial charge in [0.1, 0.15) is 5.15 Å². The van der Waals surface area contributed by atoms with Crippen molar-refractivity contribution in [2.75, 3.05) is 13.1 Å². The second-order valence-electron chi connectivity index (χ2n) is 9.08. The minimum atomic E-state index is -1.05. The molecular weight excluding hydrogens is 454 g/mol. The zero-order chi connectivity index (χ0) is 24.2. The highest BCUT2D eigenvalue weighted by molar-refractivity contribution is 6.29. The fourth-order valence-corrected chi connectivity index (χ4v) is 4.71. The third kappa shape index (κ3) is 5.39. The number of nitrogens with two attached hydrogens (primary N) is 1. The number of aromatic nitrogens is 1. The van der Waals surface area contributed by atoms with Crippen LogP contribution < -0.4 is 11.1 Å². The Morgan fingerprint density at radius 3 is 2.12 bits per heavy atom. The number of aryl methyl sites for hydroxylation is 1. The van der Waals surface area contributed by atoms with E-state index in [0.717, 1.165) is 31.2 Å². The first-order valence-electron chi connectivity index (χ1n) is 11.7. The van der Waals surface area contributed by atoms with Gasteiger partial charge in [0.05, 0.1) is 5.56 Å². The summed E-state index contributed by atoms with van der Waals surface area (Å²) in [5, 5.41) is 3.36. The Morgan fingerprint density at radius 1 is 0.941 bits per heavy atom. The third-order valence-corrected chi connectivity index (χ3v) is 6.76. The minimum Gasteiger partial charge on any atom is -0.350 e. The molecule has 0 bridgehead atoms. The van der Waals surface area contributed by atoms with Gasteiger partial charge >= 0.3 is 0 Å². The topological polar surface area (TPSA) is 109 Å². The molecule has 3 N–H and O–H groups in total. The first-order valence-corrected chi connectivity index (χ1v) is 12.1. The molecular formula is C25H30ClN5O3. The Labute approximate surface area is 204 Å². The Hall–Kier alpha value is -2.97. The molecule has 1 aromatic carbocycles. The maximum absolute atomic E-state index is 13.6. The molecule has 1 saturated heterocycles. The lowest BCUT2D eigenvalue weighted by molar-refractivity contribution is -0.133. The summed E-state index contributed by atoms with van der Waals surface area (Å²) in [6.45, 7) is 2.68. The molecule has 2 aliphatic rings. The van der Waals surface area contributed by atoms with Gasteiger partial charge in [0.15, 0.2) is 6.17 Å². The fraction of sp³-hybridized carbons (Fsp3) is 0.440. The first-order chi connectivity index (χ1) is 16.3. The van der Waals surface area contributed by atoms with Crippen LogP contribution in [0.5, 0.6) is 0 Å². The van der Waals surface area contributed by atoms with E-state index in [4.69, 9.17) is 17.3 Å². The van der Waals surface area contributed by atoms with Gasteiger partial charge < -0.3 is 20.9 Å². The fourth-order valence-electron chi connectivity index (χ4n) is 4.60. The molecule has 180 valence electrons. The SMILES string of the molecule is Cc1ccc(C(=O)N2CCCN(C(=O)c3ccc(Cl)nc3)C2C(=O)NC2CCC(N)CC2)cc1. The number of halogens is 1. The lowest BCUT2D eigenvalue weighted by Crippen LogP contribution is -2.64. The van der Waals surface area contributed by atoms with Gasteiger partial charge in [-0.05, 0) is 63.3 Å². The van der Waals surface area contributed by atoms with Gasteiger partial charge in [-0.3, -0.25) is 14.4 Å². The molecule has 3 amide bonds. The third-order valence-electron chi connectivity index (χ3n) is 6.54. The van der Waals surface area contributed by atoms with Crippen molar-refractivity contribution in [3.63, 3.8) is 0 Å². The summed E-state index contributed by atoms with van der Waals surface area (Å²) in [4.78, 5) is 47.4. The number of pyridine rings is 1. The van der Waals surface area contributed by atoms with E-state index in [9.17, 15) is 14.4 Å². The molecule has 4 rings (SSSR count). The molecule has 1 atom stereocenters. The average molecular weight is 484 g/mol. The van der Waals surface area contributed by atoms with Crippen LogP contribution in [0, 0.1) is 6.92 Å². The monoisotopic (exact) mass is 483 g/mol. The maximum Gasteiger partial charge on any atom is 0.264 e. The summed E-state index contributed by atoms with van der Waals surface area (Å²) in [7, 11) is 0. The lowest BCUT2D eigenvalue weighted by Gasteiger charge is -2.43. The van der Waals surface area contributed by atoms with Gasteiger partial charge in [-0.25, -0.2) is 4.98 Å². The van der Waals surface area contributed by atoms with Crippen molar-refractivity contribution < 1.29 is 14.4 Å². The quantitative estimate of drug-likeness (QED) is 0.650. The molecule has 1 aliphatic heterocycles. The highest BCUT2D eigenvalue weighted by Crippen LogP contribution is 2.23. The molecule has 1 aromatic heterocycles. The van der Waals surface area contributed by atoms with Crippen LogP contribution in [0.25, 0.3) is 0 Å². The molecule has 1 saturated carbocycles. The van der Waals surface area contributed by atoms with Gasteiger partial charge in [-0.1, -0.05) is 29.3 Å². The summed E-state index contributed by atoms with van der Waals surface area (Å²) in [5.74, 6) is -0.996. The van der Waals surface area contributed by atoms with E-state index in [-0.39, 0.29) is 35.0 Å². The Kier molecular flexibility index (Phi) is 7.48. The molecule has 0 radical (unpaired) electrons. The van der Waals surface area contributed by atoms with Crippen LogP contribution >= 0.6 is 11.6 Å². The van der Waals surface area contributed by atoms with Crippen molar-refractivity contribution in [2.24, 2.45) is 5.73 Å². The van der Waals surface area contributed by atoms with Crippen molar-refractivity contribution >= 4 is 29.3 Å². The van der Waals surface area contributed by atoms with Gasteiger partial charge in [0, 0.05) is 36.9 Å². The number of rotatable bonds is 4. The van der Waals surface area contributed by atoms with Crippen LogP contribution in [0.1, 0.15) is 58.4 Å². The highest BCUT2D eigenvalue weighted by atomic mass is 35.5. The summed E-state index contributed by atoms with van der Waals surface area (Å²) in [5.41, 5.74) is 7.84. The molecule has 9 heteroatoms. The van der Waals surface area contributed by atoms with Crippen molar-refractivity contribution in [1.29, 1.82) is 0 Å². The Bertz CT molecular complexity index is 970. The van der Waals surface area contributed by atoms with Crippen LogP contribution in [0.3, 0.4) is 0 Å². The van der Waals surface area contributed by atoms with Gasteiger partial charge in [0.25, 0.3) is 17.7 Å². The smallest absolute Gasteiger partial charge is 0.264 e. The number of nitrogens with one attached hydrogen (secondary N) is 1. The number of carbonyl (C=O) groups is 3. The number of hydrogen-bond acceptors (Lipinski definition) is 5. The van der Waals surface area contributed by atoms with Crippen molar-refractivity contribution in [3.8, 4) is 0 Å². The number of amides is 3. The van der Waals surface area contributed by atoms with Gasteiger partial charge in [0.2, 0.25) is 0 Å². The van der Waals surface area contributed by atoms with Gasteiger partial charge in [-0.15, -0.1) is 0 Å². The standard InChI is InChI=1S/C25H30ClN5O3/c1-16-3-5-17(6-4-16)24(33)30-13-2-14-31(25(34)18-7-12-21(26)28-15-18)23(30)22(32)29-20-10-8-19(27)9-11-20/h3-7,12,15,19-20,23H,2,8-11,13-14,27H2,1H3,(H,29,32). The first kappa shape index (κ1) is 24.2. The van der Waals surface area contributed by atoms with Crippen LogP contribution in [-0.4, -0.2) is 63.8 Å². The Balaban J connectivity index is 1.62. The lowest BCUT2D eigenvalue weighted by atomic mass is 9.91. The summed E-state index contributed by atoms with van der Waals surface area (Å²) in [6.07, 6.45) is 4.12. The maximum atomic E-state index is 13.6. The van der Waals surface area contributed by atoms with Crippen LogP contribution in [0.2, 0.25) is 5.15 Å². The zero-order valence-corrected chi connectivity index (χ0v) is 20.0. The van der Waals surface area contributed by atoms with E-state index >= 15 is 0 Å². The van der Waals surface area contributed by atoms with E-state index in [1.807, 2.05) is 19.1 Å². The predicted octanol–water partition coefficient (Wildman–Crippen LogP) is 2.74. The minimum absolute atomic E-state index is 0.0281. The highest BCUT2D eigenvalue weighted by Gasteiger charge is 2.41. The molecule has 1 aliphatic carbocycles. The van der Waals surface area contributed by atoms with Crippen molar-refractivity contribution in [2.45, 2.75) is 57.3 Å². The second-order valence-corrected chi connectivity index (χ2v) is 9.47. The second kappa shape index (κ2) is 10.5. The van der Waals surface area contributed by atoms with Crippen molar-refractivity contribution in [3.05, 3.63) is 64.4 Å². The molecule has 2 fully saturated rings. The van der Waals surface area contributed by atoms with Crippen LogP contribution in [0.15, 0.2) is 42.6 Å². The summed E-state index contributed by atoms with van der Waals surface area (Å²) < 4.78 is 0. The Morgan fingerprint density at radius 2 is 1.53 bits per heavy atom. The van der Waals surface area contributed by atoms with Crippen LogP contribution in [0.4, 0.5) is 0 Å². The van der Waals surface area contributed by atoms with E-state index in [2.05, 4.69) is 10.3 Å². The molecule has 0 spiro atoms. The molecule has 1 unspecified atom stereocenters. The van der Waals surface area contributed by atoms with E-state index in [0.29, 0.717) is 30.6 Å². The molecule has 2 heterocycles. The zero-order valence-electron chi connectivity index (χ0n) is 19.2.